The van der Waals surface area contributed by atoms with Crippen molar-refractivity contribution in [1.82, 2.24) is 0 Å². The van der Waals surface area contributed by atoms with E-state index in [1.165, 1.54) is 22.3 Å². The first kappa shape index (κ1) is 11.6. The second-order valence-electron chi connectivity index (χ2n) is 4.05. The van der Waals surface area contributed by atoms with Gasteiger partial charge >= 0.3 is 0 Å². The van der Waals surface area contributed by atoms with Crippen molar-refractivity contribution in [2.75, 3.05) is 0 Å². The van der Waals surface area contributed by atoms with Gasteiger partial charge in [0.25, 0.3) is 0 Å². The number of aryl methyl sites for hydroxylation is 2. The van der Waals surface area contributed by atoms with Crippen LogP contribution in [0.4, 0.5) is 0 Å². The summed E-state index contributed by atoms with van der Waals surface area (Å²) in [5.41, 5.74) is 6.60. The Balaban J connectivity index is 3.46. The molecule has 0 fully saturated rings. The van der Waals surface area contributed by atoms with Gasteiger partial charge in [0.15, 0.2) is 0 Å². The molecule has 0 radical (unpaired) electrons. The fraction of sp³-hybridized carbons (Fsp3) is 0.385. The zero-order valence-electron chi connectivity index (χ0n) is 10.0. The average molecular weight is 203 g/mol. The van der Waals surface area contributed by atoms with E-state index < -0.39 is 0 Å². The molecule has 1 aromatic rings. The molecule has 0 aliphatic rings. The highest BCUT2D eigenvalue weighted by atomic mass is 16.3. The molecular weight excluding hydrogens is 186 g/mol. The van der Waals surface area contributed by atoms with Crippen LogP contribution in [0.5, 0.6) is 0 Å². The molecule has 0 aromatic heterocycles. The van der Waals surface area contributed by atoms with E-state index in [0.717, 1.165) is 5.56 Å². The first-order valence-electron chi connectivity index (χ1n) is 5.06. The van der Waals surface area contributed by atoms with Crippen LogP contribution in [0.25, 0.3) is 6.08 Å². The van der Waals surface area contributed by atoms with Gasteiger partial charge in [0.2, 0.25) is 0 Å². The number of allylic oxidation sites excluding steroid dienone is 1. The van der Waals surface area contributed by atoms with E-state index in [-0.39, 0.29) is 0 Å². The van der Waals surface area contributed by atoms with Crippen molar-refractivity contribution >= 4 is 6.08 Å². The minimum Gasteiger partial charge on any atom is -0.145 e. The van der Waals surface area contributed by atoms with Crippen LogP contribution in [-0.4, -0.2) is 0 Å². The summed E-state index contributed by atoms with van der Waals surface area (Å²) in [6, 6.07) is 2.17. The van der Waals surface area contributed by atoms with Gasteiger partial charge in [0, 0.05) is 0 Å². The number of benzene rings is 1. The van der Waals surface area contributed by atoms with Crippen LogP contribution in [0.15, 0.2) is 16.9 Å². The summed E-state index contributed by atoms with van der Waals surface area (Å²) in [5.74, 6) is 0. The van der Waals surface area contributed by atoms with Gasteiger partial charge in [-0.1, -0.05) is 6.07 Å². The van der Waals surface area contributed by atoms with E-state index in [9.17, 15) is 4.91 Å². The highest BCUT2D eigenvalue weighted by Crippen LogP contribution is 2.23. The monoisotopic (exact) mass is 203 g/mol. The van der Waals surface area contributed by atoms with Crippen LogP contribution in [-0.2, 0) is 0 Å². The predicted octanol–water partition coefficient (Wildman–Crippen LogP) is 4.05. The number of hydrogen-bond donors (Lipinski definition) is 0. The van der Waals surface area contributed by atoms with Crippen LogP contribution in [0, 0.1) is 32.6 Å². The quantitative estimate of drug-likeness (QED) is 0.667. The number of rotatable bonds is 2. The molecule has 0 saturated heterocycles. The van der Waals surface area contributed by atoms with Crippen LogP contribution in [0.3, 0.4) is 0 Å². The number of nitroso groups, excluding NO2 is 1. The summed E-state index contributed by atoms with van der Waals surface area (Å²) in [6.07, 6.45) is 1.86. The van der Waals surface area contributed by atoms with E-state index in [4.69, 9.17) is 0 Å². The summed E-state index contributed by atoms with van der Waals surface area (Å²) in [5, 5.41) is 2.94. The third-order valence-corrected chi connectivity index (χ3v) is 2.92. The zero-order valence-corrected chi connectivity index (χ0v) is 10.0. The van der Waals surface area contributed by atoms with Crippen LogP contribution < -0.4 is 0 Å². The smallest absolute Gasteiger partial charge is 0.0824 e. The van der Waals surface area contributed by atoms with Crippen molar-refractivity contribution < 1.29 is 0 Å². The van der Waals surface area contributed by atoms with Crippen molar-refractivity contribution in [2.45, 2.75) is 34.6 Å². The molecule has 2 heteroatoms. The first-order chi connectivity index (χ1) is 6.97. The van der Waals surface area contributed by atoms with Gasteiger partial charge in [-0.2, -0.15) is 0 Å². The minimum atomic E-state index is 0.520. The van der Waals surface area contributed by atoms with Crippen molar-refractivity contribution in [3.8, 4) is 0 Å². The lowest BCUT2D eigenvalue weighted by molar-refractivity contribution is 1.21. The van der Waals surface area contributed by atoms with E-state index in [2.05, 4.69) is 38.9 Å². The van der Waals surface area contributed by atoms with Crippen molar-refractivity contribution in [3.05, 3.63) is 44.5 Å². The Kier molecular flexibility index (Phi) is 3.40. The Morgan fingerprint density at radius 1 is 1.13 bits per heavy atom. The molecule has 0 aliphatic heterocycles. The highest BCUT2D eigenvalue weighted by molar-refractivity contribution is 5.62. The van der Waals surface area contributed by atoms with Gasteiger partial charge in [-0.15, -0.1) is 4.91 Å². The Morgan fingerprint density at radius 2 is 1.60 bits per heavy atom. The molecule has 0 N–H and O–H groups in total. The second kappa shape index (κ2) is 4.39. The molecule has 1 rings (SSSR count). The molecular formula is C13H17NO. The number of hydrogen-bond acceptors (Lipinski definition) is 2. The molecule has 0 heterocycles. The molecule has 0 amide bonds. The van der Waals surface area contributed by atoms with Crippen LogP contribution in [0.1, 0.15) is 34.7 Å². The normalized spacial score (nSPS) is 11.7. The maximum absolute atomic E-state index is 10.4. The van der Waals surface area contributed by atoms with Gasteiger partial charge in [0.1, 0.15) is 0 Å². The summed E-state index contributed by atoms with van der Waals surface area (Å²) in [6.45, 7) is 10.0. The topological polar surface area (TPSA) is 29.4 Å². The lowest BCUT2D eigenvalue weighted by Gasteiger charge is -2.12. The van der Waals surface area contributed by atoms with Crippen molar-refractivity contribution in [2.24, 2.45) is 5.18 Å². The Morgan fingerprint density at radius 3 is 2.00 bits per heavy atom. The fourth-order valence-corrected chi connectivity index (χ4v) is 1.70. The second-order valence-corrected chi connectivity index (χ2v) is 4.05. The highest BCUT2D eigenvalue weighted by Gasteiger charge is 2.06. The van der Waals surface area contributed by atoms with E-state index >= 15 is 0 Å². The lowest BCUT2D eigenvalue weighted by atomic mass is 9.94. The maximum atomic E-state index is 10.4. The average Bonchev–Trinajstić information content (AvgIpc) is 2.21. The van der Waals surface area contributed by atoms with Crippen LogP contribution in [0.2, 0.25) is 0 Å². The van der Waals surface area contributed by atoms with Gasteiger partial charge in [0.05, 0.1) is 5.70 Å². The third kappa shape index (κ3) is 2.32. The minimum absolute atomic E-state index is 0.520. The largest absolute Gasteiger partial charge is 0.145 e. The predicted molar refractivity (Wildman–Crippen MR) is 64.8 cm³/mol. The van der Waals surface area contributed by atoms with Gasteiger partial charge in [-0.3, -0.25) is 0 Å². The molecule has 2 nitrogen and oxygen atoms in total. The van der Waals surface area contributed by atoms with Crippen LogP contribution >= 0.6 is 0 Å². The Bertz CT molecular complexity index is 404. The van der Waals surface area contributed by atoms with E-state index in [0.29, 0.717) is 5.70 Å². The summed E-state index contributed by atoms with van der Waals surface area (Å²) in [7, 11) is 0. The molecule has 0 saturated carbocycles. The zero-order chi connectivity index (χ0) is 11.6. The third-order valence-electron chi connectivity index (χ3n) is 2.92. The molecule has 1 aromatic carbocycles. The summed E-state index contributed by atoms with van der Waals surface area (Å²) >= 11 is 0. The van der Waals surface area contributed by atoms with Gasteiger partial charge in [-0.05, 0) is 73.7 Å². The summed E-state index contributed by atoms with van der Waals surface area (Å²) < 4.78 is 0. The van der Waals surface area contributed by atoms with E-state index in [1.807, 2.05) is 6.08 Å². The molecule has 0 atom stereocenters. The lowest BCUT2D eigenvalue weighted by Crippen LogP contribution is -1.94. The SMILES string of the molecule is C/C(=C\c1c(C)c(C)cc(C)c1C)N=O. The molecule has 0 bridgehead atoms. The van der Waals surface area contributed by atoms with Gasteiger partial charge in [-0.25, -0.2) is 0 Å². The Hall–Kier alpha value is -1.44. The molecule has 0 unspecified atom stereocenters. The first-order valence-corrected chi connectivity index (χ1v) is 5.06. The van der Waals surface area contributed by atoms with Crippen molar-refractivity contribution in [3.63, 3.8) is 0 Å². The summed E-state index contributed by atoms with van der Waals surface area (Å²) in [4.78, 5) is 10.4. The number of nitrogens with zero attached hydrogens (tertiary/aromatic N) is 1. The fourth-order valence-electron chi connectivity index (χ4n) is 1.70. The molecule has 80 valence electrons. The van der Waals surface area contributed by atoms with Gasteiger partial charge < -0.3 is 0 Å². The molecule has 15 heavy (non-hydrogen) atoms. The maximum Gasteiger partial charge on any atom is 0.0824 e. The molecule has 0 spiro atoms. The molecule has 0 aliphatic carbocycles. The Labute approximate surface area is 91.0 Å². The van der Waals surface area contributed by atoms with E-state index in [1.54, 1.807) is 6.92 Å². The van der Waals surface area contributed by atoms with Crippen molar-refractivity contribution in [1.29, 1.82) is 0 Å². The standard InChI is InChI=1S/C13H17NO/c1-8-6-9(2)12(5)13(11(8)4)7-10(3)14-15/h6-7H,1-5H3/b10-7+.